The second-order valence-corrected chi connectivity index (χ2v) is 11.4. The van der Waals surface area contributed by atoms with E-state index < -0.39 is 33.3 Å². The van der Waals surface area contributed by atoms with Gasteiger partial charge >= 0.3 is 23.2 Å². The van der Waals surface area contributed by atoms with Crippen LogP contribution in [0.5, 0.6) is 0 Å². The quantitative estimate of drug-likeness (QED) is 0.558. The zero-order valence-electron chi connectivity index (χ0n) is 19.6. The molecule has 1 amide bonds. The van der Waals surface area contributed by atoms with Crippen molar-refractivity contribution in [3.63, 3.8) is 0 Å². The third-order valence-corrected chi connectivity index (χ3v) is 6.11. The Morgan fingerprint density at radius 2 is 1.41 bits per heavy atom. The Balaban J connectivity index is 0.000000750. The summed E-state index contributed by atoms with van der Waals surface area (Å²) in [5.41, 5.74) is 0.325. The first-order chi connectivity index (χ1) is 14.5. The monoisotopic (exact) mass is 495 g/mol. The van der Waals surface area contributed by atoms with E-state index in [-0.39, 0.29) is 17.1 Å². The summed E-state index contributed by atoms with van der Waals surface area (Å²) in [6.07, 6.45) is 15.2. The molecule has 1 N–H and O–H groups in total. The van der Waals surface area contributed by atoms with E-state index in [1.165, 1.54) is 0 Å². The Morgan fingerprint density at radius 3 is 1.88 bits per heavy atom. The number of amides is 1. The van der Waals surface area contributed by atoms with Gasteiger partial charge < -0.3 is 10.1 Å². The fourth-order valence-electron chi connectivity index (χ4n) is 2.89. The molecular weight excluding hydrogens is 462 g/mol. The summed E-state index contributed by atoms with van der Waals surface area (Å²) in [6.45, 7) is 11.3. The van der Waals surface area contributed by atoms with Gasteiger partial charge in [-0.3, -0.25) is 4.21 Å². The van der Waals surface area contributed by atoms with Crippen LogP contribution in [0.4, 0.5) is 4.79 Å². The molecular formula is C26H33FeNO3S+2. The maximum atomic E-state index is 13.0. The third kappa shape index (κ3) is 9.57. The molecule has 0 spiro atoms. The number of carbonyl (C=O) groups is 1. The standard InChI is InChI=1S/C21H28NO3S.C5H5.Fe/c1-20(2,3)25-19(23)22-18(15-11-8-7-9-12-15)16-13-10-14-17(16)26(24)21(4,5)6;1-2-4-5-3-1;/h7-14,18H,1-6H3,(H,22,23);1-5H;/q;;+2/t18-,26+;;/m0../s1. The van der Waals surface area contributed by atoms with Crippen LogP contribution in [0.1, 0.15) is 53.1 Å². The van der Waals surface area contributed by atoms with Crippen molar-refractivity contribution in [3.8, 4) is 0 Å². The fraction of sp³-hybridized carbons (Fsp3) is 0.346. The van der Waals surface area contributed by atoms with Gasteiger partial charge in [0.15, 0.2) is 0 Å². The largest absolute Gasteiger partial charge is 2.00 e. The molecule has 2 fully saturated rings. The molecule has 10 radical (unpaired) electrons. The van der Waals surface area contributed by atoms with Gasteiger partial charge in [-0.05, 0) is 98.5 Å². The smallest absolute Gasteiger partial charge is 0.444 e. The van der Waals surface area contributed by atoms with E-state index in [4.69, 9.17) is 4.74 Å². The van der Waals surface area contributed by atoms with Crippen LogP contribution >= 0.6 is 0 Å². The molecule has 0 heterocycles. The second kappa shape index (κ2) is 13.2. The molecule has 2 aliphatic rings. The zero-order chi connectivity index (χ0) is 23.1. The summed E-state index contributed by atoms with van der Waals surface area (Å²) in [4.78, 5) is 12.4. The number of carbonyl (C=O) groups excluding carboxylic acids is 1. The Bertz CT molecular complexity index is 700. The van der Waals surface area contributed by atoms with Gasteiger partial charge in [-0.15, -0.1) is 0 Å². The molecule has 3 rings (SSSR count). The topological polar surface area (TPSA) is 55.4 Å². The van der Waals surface area contributed by atoms with Crippen molar-refractivity contribution < 1.29 is 30.8 Å². The second-order valence-electron chi connectivity index (χ2n) is 9.18. The van der Waals surface area contributed by atoms with E-state index in [1.54, 1.807) is 0 Å². The molecule has 2 saturated carbocycles. The van der Waals surface area contributed by atoms with Crippen LogP contribution in [0.15, 0.2) is 30.3 Å². The molecule has 1 aromatic rings. The first kappa shape index (κ1) is 29.2. The van der Waals surface area contributed by atoms with Crippen LogP contribution in [0.2, 0.25) is 0 Å². The van der Waals surface area contributed by atoms with Crippen molar-refractivity contribution in [3.05, 3.63) is 98.4 Å². The molecule has 172 valence electrons. The van der Waals surface area contributed by atoms with Gasteiger partial charge in [0.25, 0.3) is 0 Å². The van der Waals surface area contributed by atoms with E-state index in [0.717, 1.165) is 16.7 Å². The Morgan fingerprint density at radius 1 is 0.875 bits per heavy atom. The molecule has 4 nitrogen and oxygen atoms in total. The number of hydrogen-bond donors (Lipinski definition) is 1. The van der Waals surface area contributed by atoms with Crippen LogP contribution in [0, 0.1) is 62.5 Å². The minimum atomic E-state index is -1.20. The molecule has 0 unspecified atom stereocenters. The minimum absolute atomic E-state index is 0. The SMILES string of the molecule is CC(C)(C)OC(=O)N[C@H]([C]1[CH][CH][CH][C]1[S@@](=O)C(C)(C)C)c1ccccc1.[CH]1[CH][CH][CH][CH]1.[Fe+2]. The van der Waals surface area contributed by atoms with Crippen LogP contribution in [0.3, 0.4) is 0 Å². The van der Waals surface area contributed by atoms with Crippen LogP contribution in [-0.4, -0.2) is 20.7 Å². The van der Waals surface area contributed by atoms with Gasteiger partial charge in [0.05, 0.1) is 11.3 Å². The molecule has 32 heavy (non-hydrogen) atoms. The predicted molar refractivity (Wildman–Crippen MR) is 127 cm³/mol. The zero-order valence-corrected chi connectivity index (χ0v) is 21.5. The summed E-state index contributed by atoms with van der Waals surface area (Å²) < 4.78 is 18.0. The first-order valence-electron chi connectivity index (χ1n) is 10.4. The molecule has 2 atom stereocenters. The maximum Gasteiger partial charge on any atom is 2.00 e. The van der Waals surface area contributed by atoms with Crippen molar-refractivity contribution in [2.75, 3.05) is 0 Å². The molecule has 1 aromatic carbocycles. The summed E-state index contributed by atoms with van der Waals surface area (Å²) in [6, 6.07) is 9.22. The number of hydrogen-bond acceptors (Lipinski definition) is 3. The number of ether oxygens (including phenoxy) is 1. The van der Waals surface area contributed by atoms with Gasteiger partial charge in [0.1, 0.15) is 5.60 Å². The number of alkyl carbamates (subject to hydrolysis) is 1. The molecule has 2 aliphatic carbocycles. The van der Waals surface area contributed by atoms with E-state index in [0.29, 0.717) is 0 Å². The number of nitrogens with one attached hydrogen (secondary N) is 1. The normalized spacial score (nSPS) is 19.3. The van der Waals surface area contributed by atoms with Gasteiger partial charge in [0.2, 0.25) is 0 Å². The van der Waals surface area contributed by atoms with Crippen molar-refractivity contribution in [1.82, 2.24) is 5.32 Å². The fourth-order valence-corrected chi connectivity index (χ4v) is 4.15. The molecule has 0 saturated heterocycles. The maximum absolute atomic E-state index is 13.0. The average molecular weight is 495 g/mol. The van der Waals surface area contributed by atoms with Crippen molar-refractivity contribution in [2.24, 2.45) is 0 Å². The Hall–Kier alpha value is -0.841. The number of benzene rings is 1. The summed E-state index contributed by atoms with van der Waals surface area (Å²) in [5.74, 6) is 0.829. The molecule has 0 aliphatic heterocycles. The molecule has 0 bridgehead atoms. The van der Waals surface area contributed by atoms with E-state index >= 15 is 0 Å². The Labute approximate surface area is 209 Å². The van der Waals surface area contributed by atoms with Crippen molar-refractivity contribution in [1.29, 1.82) is 0 Å². The molecule has 0 aromatic heterocycles. The summed E-state index contributed by atoms with van der Waals surface area (Å²) >= 11 is 0. The van der Waals surface area contributed by atoms with Crippen molar-refractivity contribution in [2.45, 2.75) is 57.9 Å². The third-order valence-electron chi connectivity index (χ3n) is 4.22. The average Bonchev–Trinajstić information content (AvgIpc) is 3.38. The van der Waals surface area contributed by atoms with Gasteiger partial charge in [-0.1, -0.05) is 30.3 Å². The number of rotatable bonds is 4. The van der Waals surface area contributed by atoms with Gasteiger partial charge in [-0.25, -0.2) is 4.79 Å². The Kier molecular flexibility index (Phi) is 12.0. The van der Waals surface area contributed by atoms with Gasteiger partial charge in [0, 0.05) is 21.5 Å². The molecule has 6 heteroatoms. The first-order valence-corrected chi connectivity index (χ1v) is 11.5. The van der Waals surface area contributed by atoms with Crippen LogP contribution in [-0.2, 0) is 32.6 Å². The summed E-state index contributed by atoms with van der Waals surface area (Å²) in [5, 5.41) is 3.68. The summed E-state index contributed by atoms with van der Waals surface area (Å²) in [7, 11) is -1.20. The van der Waals surface area contributed by atoms with E-state index in [1.807, 2.05) is 123 Å². The van der Waals surface area contributed by atoms with Crippen LogP contribution < -0.4 is 5.32 Å². The van der Waals surface area contributed by atoms with Crippen molar-refractivity contribution >= 4 is 16.9 Å². The van der Waals surface area contributed by atoms with Crippen LogP contribution in [0.25, 0.3) is 0 Å². The minimum Gasteiger partial charge on any atom is -0.444 e. The van der Waals surface area contributed by atoms with E-state index in [9.17, 15) is 9.00 Å². The predicted octanol–water partition coefficient (Wildman–Crippen LogP) is 5.55. The van der Waals surface area contributed by atoms with Gasteiger partial charge in [-0.2, -0.15) is 0 Å². The van der Waals surface area contributed by atoms with E-state index in [2.05, 4.69) is 5.32 Å².